The molecule has 0 saturated heterocycles. The van der Waals surface area contributed by atoms with Crippen LogP contribution >= 0.6 is 11.3 Å². The number of benzene rings is 2. The molecule has 1 heterocycles. The number of hydrogen-bond donors (Lipinski definition) is 2. The number of nitrogens with one attached hydrogen (secondary N) is 1. The first-order chi connectivity index (χ1) is 11.6. The highest BCUT2D eigenvalue weighted by molar-refractivity contribution is 7.17. The van der Waals surface area contributed by atoms with Gasteiger partial charge in [-0.25, -0.2) is 4.39 Å². The van der Waals surface area contributed by atoms with Crippen LogP contribution in [0.3, 0.4) is 0 Å². The van der Waals surface area contributed by atoms with E-state index >= 15 is 0 Å². The average molecular weight is 345 g/mol. The highest BCUT2D eigenvalue weighted by Crippen LogP contribution is 2.29. The van der Waals surface area contributed by atoms with Crippen molar-refractivity contribution in [2.24, 2.45) is 0 Å². The van der Waals surface area contributed by atoms with E-state index in [4.69, 9.17) is 4.74 Å². The number of aliphatic hydroxyl groups excluding tert-OH is 1. The summed E-state index contributed by atoms with van der Waals surface area (Å²) >= 11 is 1.56. The monoisotopic (exact) mass is 345 g/mol. The van der Waals surface area contributed by atoms with Crippen LogP contribution in [0.2, 0.25) is 0 Å². The number of halogens is 1. The van der Waals surface area contributed by atoms with Crippen LogP contribution in [0.15, 0.2) is 53.9 Å². The first-order valence-electron chi connectivity index (χ1n) is 7.43. The second kappa shape index (κ2) is 7.42. The van der Waals surface area contributed by atoms with Gasteiger partial charge in [-0.05, 0) is 41.1 Å². The molecule has 2 aromatic carbocycles. The first-order valence-corrected chi connectivity index (χ1v) is 8.31. The Morgan fingerprint density at radius 2 is 1.96 bits per heavy atom. The van der Waals surface area contributed by atoms with Gasteiger partial charge in [-0.3, -0.25) is 4.79 Å². The van der Waals surface area contributed by atoms with Gasteiger partial charge in [0.25, 0.3) is 5.91 Å². The molecule has 0 saturated carbocycles. The van der Waals surface area contributed by atoms with E-state index in [0.717, 1.165) is 15.6 Å². The number of carbonyl (C=O) groups excluding carboxylic acids is 1. The molecule has 4 nitrogen and oxygen atoms in total. The molecule has 0 spiro atoms. The van der Waals surface area contributed by atoms with Crippen molar-refractivity contribution in [2.75, 3.05) is 13.2 Å². The van der Waals surface area contributed by atoms with E-state index in [2.05, 4.69) is 5.32 Å². The molecular formula is C18H16FNO3S. The standard InChI is InChI=1S/C18H16FNO3S/c19-12-5-7-13(8-6-12)23-10-18(22)20-9-16(21)15-11-24-17-4-2-1-3-14(15)17/h1-8,11,16,21H,9-10H2,(H,20,22). The summed E-state index contributed by atoms with van der Waals surface area (Å²) in [5.41, 5.74) is 0.801. The number of rotatable bonds is 6. The zero-order valence-electron chi connectivity index (χ0n) is 12.7. The SMILES string of the molecule is O=C(COc1ccc(F)cc1)NCC(O)c1csc2ccccc12. The fourth-order valence-electron chi connectivity index (χ4n) is 2.31. The molecule has 0 aliphatic heterocycles. The minimum absolute atomic E-state index is 0.104. The predicted octanol–water partition coefficient (Wildman–Crippen LogP) is 3.27. The molecular weight excluding hydrogens is 329 g/mol. The van der Waals surface area contributed by atoms with E-state index < -0.39 is 6.10 Å². The van der Waals surface area contributed by atoms with Crippen molar-refractivity contribution in [1.29, 1.82) is 0 Å². The van der Waals surface area contributed by atoms with Gasteiger partial charge in [0.15, 0.2) is 6.61 Å². The molecule has 1 atom stereocenters. The molecule has 2 N–H and O–H groups in total. The third-order valence-corrected chi connectivity index (χ3v) is 4.53. The Hall–Kier alpha value is -2.44. The van der Waals surface area contributed by atoms with Gasteiger partial charge in [-0.2, -0.15) is 0 Å². The Morgan fingerprint density at radius 1 is 1.21 bits per heavy atom. The van der Waals surface area contributed by atoms with Crippen molar-refractivity contribution in [1.82, 2.24) is 5.32 Å². The molecule has 0 fully saturated rings. The molecule has 0 radical (unpaired) electrons. The largest absolute Gasteiger partial charge is 0.484 e. The van der Waals surface area contributed by atoms with Crippen molar-refractivity contribution in [2.45, 2.75) is 6.10 Å². The lowest BCUT2D eigenvalue weighted by atomic mass is 10.1. The zero-order valence-corrected chi connectivity index (χ0v) is 13.6. The molecule has 1 aromatic heterocycles. The number of hydrogen-bond acceptors (Lipinski definition) is 4. The fraction of sp³-hybridized carbons (Fsp3) is 0.167. The number of fused-ring (bicyclic) bond motifs is 1. The van der Waals surface area contributed by atoms with Crippen molar-refractivity contribution in [3.63, 3.8) is 0 Å². The molecule has 124 valence electrons. The summed E-state index contributed by atoms with van der Waals surface area (Å²) in [5, 5.41) is 15.8. The molecule has 0 aliphatic carbocycles. The smallest absolute Gasteiger partial charge is 0.258 e. The van der Waals surface area contributed by atoms with Gasteiger partial charge in [-0.1, -0.05) is 18.2 Å². The lowest BCUT2D eigenvalue weighted by Crippen LogP contribution is -2.32. The van der Waals surface area contributed by atoms with E-state index in [1.807, 2.05) is 29.6 Å². The van der Waals surface area contributed by atoms with Crippen LogP contribution in [0.1, 0.15) is 11.7 Å². The Balaban J connectivity index is 1.51. The molecule has 0 bridgehead atoms. The number of ether oxygens (including phenoxy) is 1. The van der Waals surface area contributed by atoms with Crippen LogP contribution in [-0.2, 0) is 4.79 Å². The normalized spacial score (nSPS) is 12.1. The third kappa shape index (κ3) is 3.90. The summed E-state index contributed by atoms with van der Waals surface area (Å²) < 4.78 is 19.1. The van der Waals surface area contributed by atoms with Gasteiger partial charge < -0.3 is 15.2 Å². The third-order valence-electron chi connectivity index (χ3n) is 3.55. The van der Waals surface area contributed by atoms with Crippen LogP contribution in [0.4, 0.5) is 4.39 Å². The first kappa shape index (κ1) is 16.4. The highest BCUT2D eigenvalue weighted by Gasteiger charge is 2.14. The molecule has 1 amide bonds. The average Bonchev–Trinajstić information content (AvgIpc) is 3.03. The summed E-state index contributed by atoms with van der Waals surface area (Å²) in [7, 11) is 0. The van der Waals surface area contributed by atoms with Gasteiger partial charge in [0, 0.05) is 16.8 Å². The van der Waals surface area contributed by atoms with E-state index in [1.165, 1.54) is 24.3 Å². The topological polar surface area (TPSA) is 58.6 Å². The molecule has 3 rings (SSSR count). The molecule has 0 aliphatic rings. The van der Waals surface area contributed by atoms with Gasteiger partial charge >= 0.3 is 0 Å². The number of thiophene rings is 1. The minimum Gasteiger partial charge on any atom is -0.484 e. The van der Waals surface area contributed by atoms with E-state index in [0.29, 0.717) is 5.75 Å². The summed E-state index contributed by atoms with van der Waals surface area (Å²) in [5.74, 6) is -0.299. The number of aliphatic hydroxyl groups is 1. The Labute approximate surface area is 142 Å². The van der Waals surface area contributed by atoms with Crippen molar-refractivity contribution in [3.05, 3.63) is 65.3 Å². The van der Waals surface area contributed by atoms with Crippen molar-refractivity contribution >= 4 is 27.3 Å². The van der Waals surface area contributed by atoms with Gasteiger partial charge in [0.05, 0.1) is 6.10 Å². The summed E-state index contributed by atoms with van der Waals surface area (Å²) in [6, 6.07) is 13.2. The second-order valence-corrected chi connectivity index (χ2v) is 6.16. The summed E-state index contributed by atoms with van der Waals surface area (Å²) in [4.78, 5) is 11.8. The van der Waals surface area contributed by atoms with E-state index in [-0.39, 0.29) is 24.9 Å². The Bertz CT molecular complexity index is 832. The van der Waals surface area contributed by atoms with Gasteiger partial charge in [0.1, 0.15) is 11.6 Å². The maximum absolute atomic E-state index is 12.8. The molecule has 1 unspecified atom stereocenters. The zero-order chi connectivity index (χ0) is 16.9. The lowest BCUT2D eigenvalue weighted by molar-refractivity contribution is -0.123. The van der Waals surface area contributed by atoms with Crippen LogP contribution in [0.25, 0.3) is 10.1 Å². The number of carbonyl (C=O) groups is 1. The van der Waals surface area contributed by atoms with Crippen molar-refractivity contribution < 1.29 is 19.0 Å². The van der Waals surface area contributed by atoms with Gasteiger partial charge in [-0.15, -0.1) is 11.3 Å². The van der Waals surface area contributed by atoms with Crippen LogP contribution in [0, 0.1) is 5.82 Å². The quantitative estimate of drug-likeness (QED) is 0.721. The minimum atomic E-state index is -0.782. The highest BCUT2D eigenvalue weighted by atomic mass is 32.1. The van der Waals surface area contributed by atoms with E-state index in [9.17, 15) is 14.3 Å². The maximum Gasteiger partial charge on any atom is 0.258 e. The van der Waals surface area contributed by atoms with Crippen LogP contribution < -0.4 is 10.1 Å². The van der Waals surface area contributed by atoms with Crippen LogP contribution in [-0.4, -0.2) is 24.2 Å². The summed E-state index contributed by atoms with van der Waals surface area (Å²) in [6.45, 7) is -0.0882. The van der Waals surface area contributed by atoms with E-state index in [1.54, 1.807) is 11.3 Å². The Kier molecular flexibility index (Phi) is 5.08. The number of amides is 1. The summed E-state index contributed by atoms with van der Waals surface area (Å²) in [6.07, 6.45) is -0.782. The lowest BCUT2D eigenvalue weighted by Gasteiger charge is -2.12. The molecule has 6 heteroatoms. The van der Waals surface area contributed by atoms with Gasteiger partial charge in [0.2, 0.25) is 0 Å². The second-order valence-electron chi connectivity index (χ2n) is 5.25. The Morgan fingerprint density at radius 3 is 2.75 bits per heavy atom. The molecule has 24 heavy (non-hydrogen) atoms. The maximum atomic E-state index is 12.8. The van der Waals surface area contributed by atoms with Crippen LogP contribution in [0.5, 0.6) is 5.75 Å². The fourth-order valence-corrected chi connectivity index (χ4v) is 3.32. The predicted molar refractivity (Wildman–Crippen MR) is 91.7 cm³/mol. The van der Waals surface area contributed by atoms with Crippen molar-refractivity contribution in [3.8, 4) is 5.75 Å². The molecule has 3 aromatic rings.